The molecular formula is C17H23N3O2. The van der Waals surface area contributed by atoms with Gasteiger partial charge >= 0.3 is 0 Å². The molecule has 5 nitrogen and oxygen atoms in total. The average molecular weight is 301 g/mol. The SMILES string of the molecule is CNC(=O)C[C@@]1(C)C(=O)N(C2CCNCC2)c2ccccc21. The number of carbonyl (C=O) groups is 2. The Balaban J connectivity index is 2.00. The van der Waals surface area contributed by atoms with E-state index >= 15 is 0 Å². The summed E-state index contributed by atoms with van der Waals surface area (Å²) in [6.45, 7) is 3.76. The first-order valence-electron chi connectivity index (χ1n) is 7.92. The molecule has 1 aromatic rings. The van der Waals surface area contributed by atoms with E-state index < -0.39 is 5.41 Å². The molecule has 1 atom stereocenters. The van der Waals surface area contributed by atoms with Crippen LogP contribution in [-0.2, 0) is 15.0 Å². The van der Waals surface area contributed by atoms with Gasteiger partial charge in [-0.15, -0.1) is 0 Å². The minimum absolute atomic E-state index is 0.0594. The van der Waals surface area contributed by atoms with E-state index in [1.807, 2.05) is 36.1 Å². The third kappa shape index (κ3) is 2.29. The lowest BCUT2D eigenvalue weighted by Crippen LogP contribution is -2.49. The van der Waals surface area contributed by atoms with E-state index in [2.05, 4.69) is 10.6 Å². The quantitative estimate of drug-likeness (QED) is 0.881. The van der Waals surface area contributed by atoms with Crippen molar-refractivity contribution in [3.05, 3.63) is 29.8 Å². The third-order valence-electron chi connectivity index (χ3n) is 4.92. The predicted molar refractivity (Wildman–Crippen MR) is 85.9 cm³/mol. The van der Waals surface area contributed by atoms with Gasteiger partial charge in [-0.1, -0.05) is 18.2 Å². The van der Waals surface area contributed by atoms with Gasteiger partial charge in [-0.3, -0.25) is 9.59 Å². The molecule has 118 valence electrons. The first kappa shape index (κ1) is 15.0. The van der Waals surface area contributed by atoms with Crippen LogP contribution in [0.4, 0.5) is 5.69 Å². The summed E-state index contributed by atoms with van der Waals surface area (Å²) in [7, 11) is 1.61. The normalized spacial score (nSPS) is 25.2. The number of para-hydroxylation sites is 1. The number of carbonyl (C=O) groups excluding carboxylic acids is 2. The van der Waals surface area contributed by atoms with Gasteiger partial charge in [0.05, 0.1) is 5.41 Å². The molecule has 0 saturated carbocycles. The van der Waals surface area contributed by atoms with Crippen LogP contribution in [0, 0.1) is 0 Å². The number of amides is 2. The average Bonchev–Trinajstić information content (AvgIpc) is 2.77. The maximum atomic E-state index is 13.2. The van der Waals surface area contributed by atoms with Crippen LogP contribution in [0.25, 0.3) is 0 Å². The smallest absolute Gasteiger partial charge is 0.238 e. The minimum atomic E-state index is -0.762. The molecule has 22 heavy (non-hydrogen) atoms. The van der Waals surface area contributed by atoms with Crippen molar-refractivity contribution in [1.29, 1.82) is 0 Å². The van der Waals surface area contributed by atoms with Gasteiger partial charge in [-0.2, -0.15) is 0 Å². The van der Waals surface area contributed by atoms with Crippen molar-refractivity contribution in [2.24, 2.45) is 0 Å². The number of anilines is 1. The topological polar surface area (TPSA) is 61.4 Å². The van der Waals surface area contributed by atoms with Crippen LogP contribution in [0.3, 0.4) is 0 Å². The summed E-state index contributed by atoms with van der Waals surface area (Å²) in [4.78, 5) is 27.0. The number of piperidine rings is 1. The monoisotopic (exact) mass is 301 g/mol. The summed E-state index contributed by atoms with van der Waals surface area (Å²) < 4.78 is 0. The number of hydrogen-bond acceptors (Lipinski definition) is 3. The maximum absolute atomic E-state index is 13.2. The van der Waals surface area contributed by atoms with Crippen molar-refractivity contribution < 1.29 is 9.59 Å². The predicted octanol–water partition coefficient (Wildman–Crippen LogP) is 1.18. The lowest BCUT2D eigenvalue weighted by molar-refractivity contribution is -0.129. The van der Waals surface area contributed by atoms with Gasteiger partial charge in [0.15, 0.2) is 0 Å². The zero-order valence-electron chi connectivity index (χ0n) is 13.2. The highest BCUT2D eigenvalue weighted by molar-refractivity contribution is 6.10. The van der Waals surface area contributed by atoms with Crippen molar-refractivity contribution in [3.8, 4) is 0 Å². The Kier molecular flexibility index (Phi) is 3.91. The lowest BCUT2D eigenvalue weighted by atomic mass is 9.80. The summed E-state index contributed by atoms with van der Waals surface area (Å²) in [5.74, 6) is -0.0398. The zero-order chi connectivity index (χ0) is 15.7. The summed E-state index contributed by atoms with van der Waals surface area (Å²) in [6.07, 6.45) is 2.10. The molecular weight excluding hydrogens is 278 g/mol. The van der Waals surface area contributed by atoms with Gasteiger partial charge in [0.25, 0.3) is 0 Å². The Morgan fingerprint density at radius 3 is 2.73 bits per heavy atom. The molecule has 5 heteroatoms. The Morgan fingerprint density at radius 1 is 1.36 bits per heavy atom. The number of nitrogens with zero attached hydrogens (tertiary/aromatic N) is 1. The van der Waals surface area contributed by atoms with Crippen LogP contribution in [0.15, 0.2) is 24.3 Å². The second-order valence-electron chi connectivity index (χ2n) is 6.36. The Hall–Kier alpha value is -1.88. The molecule has 1 fully saturated rings. The molecule has 0 aromatic heterocycles. The zero-order valence-corrected chi connectivity index (χ0v) is 13.2. The Labute approximate surface area is 131 Å². The second-order valence-corrected chi connectivity index (χ2v) is 6.36. The largest absolute Gasteiger partial charge is 0.359 e. The van der Waals surface area contributed by atoms with Crippen molar-refractivity contribution in [3.63, 3.8) is 0 Å². The van der Waals surface area contributed by atoms with Gasteiger partial charge in [0, 0.05) is 25.2 Å². The molecule has 2 N–H and O–H groups in total. The fourth-order valence-corrected chi connectivity index (χ4v) is 3.65. The third-order valence-corrected chi connectivity index (χ3v) is 4.92. The van der Waals surface area contributed by atoms with E-state index in [4.69, 9.17) is 0 Å². The molecule has 1 aromatic carbocycles. The van der Waals surface area contributed by atoms with Crippen molar-refractivity contribution in [2.75, 3.05) is 25.0 Å². The Morgan fingerprint density at radius 2 is 2.05 bits per heavy atom. The first-order chi connectivity index (χ1) is 10.6. The van der Waals surface area contributed by atoms with Gasteiger partial charge in [-0.05, 0) is 44.5 Å². The van der Waals surface area contributed by atoms with E-state index in [9.17, 15) is 9.59 Å². The molecule has 0 spiro atoms. The second kappa shape index (κ2) is 5.72. The standard InChI is InChI=1S/C17H23N3O2/c1-17(11-15(21)18-2)13-5-3-4-6-14(13)20(16(17)22)12-7-9-19-10-8-12/h3-6,12,19H,7-11H2,1-2H3,(H,18,21)/t17-/m1/s1. The van der Waals surface area contributed by atoms with Crippen LogP contribution in [0.1, 0.15) is 31.7 Å². The van der Waals surface area contributed by atoms with E-state index in [0.29, 0.717) is 0 Å². The molecule has 3 rings (SSSR count). The molecule has 1 saturated heterocycles. The van der Waals surface area contributed by atoms with Crippen LogP contribution in [0.5, 0.6) is 0 Å². The van der Waals surface area contributed by atoms with Crippen LogP contribution < -0.4 is 15.5 Å². The fourth-order valence-electron chi connectivity index (χ4n) is 3.65. The van der Waals surface area contributed by atoms with Crippen LogP contribution >= 0.6 is 0 Å². The number of rotatable bonds is 3. The van der Waals surface area contributed by atoms with E-state index in [0.717, 1.165) is 37.2 Å². The molecule has 2 aliphatic heterocycles. The van der Waals surface area contributed by atoms with Crippen LogP contribution in [-0.4, -0.2) is 38.0 Å². The number of nitrogens with one attached hydrogen (secondary N) is 2. The lowest BCUT2D eigenvalue weighted by Gasteiger charge is -2.33. The number of fused-ring (bicyclic) bond motifs is 1. The highest BCUT2D eigenvalue weighted by Crippen LogP contribution is 2.45. The summed E-state index contributed by atoms with van der Waals surface area (Å²) in [6, 6.07) is 8.12. The molecule has 0 radical (unpaired) electrons. The van der Waals surface area contributed by atoms with Gasteiger partial charge in [0.1, 0.15) is 0 Å². The highest BCUT2D eigenvalue weighted by atomic mass is 16.2. The first-order valence-corrected chi connectivity index (χ1v) is 7.92. The summed E-state index contributed by atoms with van der Waals surface area (Å²) in [5, 5.41) is 5.98. The molecule has 0 bridgehead atoms. The molecule has 2 heterocycles. The molecule has 0 aliphatic carbocycles. The number of hydrogen-bond donors (Lipinski definition) is 2. The maximum Gasteiger partial charge on any atom is 0.238 e. The van der Waals surface area contributed by atoms with Crippen molar-refractivity contribution >= 4 is 17.5 Å². The fraction of sp³-hybridized carbons (Fsp3) is 0.529. The van der Waals surface area contributed by atoms with Gasteiger partial charge < -0.3 is 15.5 Å². The van der Waals surface area contributed by atoms with Gasteiger partial charge in [-0.25, -0.2) is 0 Å². The minimum Gasteiger partial charge on any atom is -0.359 e. The molecule has 0 unspecified atom stereocenters. The summed E-state index contributed by atoms with van der Waals surface area (Å²) in [5.41, 5.74) is 1.19. The van der Waals surface area contributed by atoms with E-state index in [1.54, 1.807) is 7.05 Å². The molecule has 2 aliphatic rings. The summed E-state index contributed by atoms with van der Waals surface area (Å²) >= 11 is 0. The van der Waals surface area contributed by atoms with E-state index in [-0.39, 0.29) is 24.3 Å². The highest BCUT2D eigenvalue weighted by Gasteiger charge is 2.50. The molecule has 2 amide bonds. The number of benzene rings is 1. The van der Waals surface area contributed by atoms with Crippen LogP contribution in [0.2, 0.25) is 0 Å². The van der Waals surface area contributed by atoms with E-state index in [1.165, 1.54) is 0 Å². The Bertz CT molecular complexity index is 595. The van der Waals surface area contributed by atoms with Crippen molar-refractivity contribution in [2.45, 2.75) is 37.6 Å². The van der Waals surface area contributed by atoms with Crippen molar-refractivity contribution in [1.82, 2.24) is 10.6 Å². The van der Waals surface area contributed by atoms with Gasteiger partial charge in [0.2, 0.25) is 11.8 Å².